The predicted octanol–water partition coefficient (Wildman–Crippen LogP) is 4.73. The molecule has 5 heterocycles. The number of fused-ring (bicyclic) bond motifs is 1. The zero-order valence-corrected chi connectivity index (χ0v) is 28.4. The molecule has 0 radical (unpaired) electrons. The van der Waals surface area contributed by atoms with Crippen molar-refractivity contribution < 1.29 is 14.3 Å². The summed E-state index contributed by atoms with van der Waals surface area (Å²) < 4.78 is 5.90. The minimum Gasteiger partial charge on any atom is -0.368 e. The van der Waals surface area contributed by atoms with E-state index in [9.17, 15) is 9.59 Å². The largest absolute Gasteiger partial charge is 0.368 e. The van der Waals surface area contributed by atoms with Crippen LogP contribution >= 0.6 is 0 Å². The van der Waals surface area contributed by atoms with Gasteiger partial charge in [-0.25, -0.2) is 9.97 Å². The molecule has 3 fully saturated rings. The maximum Gasteiger partial charge on any atom is 0.258 e. The van der Waals surface area contributed by atoms with Crippen LogP contribution in [0.3, 0.4) is 0 Å². The number of rotatable bonds is 9. The van der Waals surface area contributed by atoms with Crippen LogP contribution in [0.2, 0.25) is 0 Å². The van der Waals surface area contributed by atoms with Crippen LogP contribution in [0.1, 0.15) is 37.8 Å². The van der Waals surface area contributed by atoms with Crippen molar-refractivity contribution in [2.24, 2.45) is 0 Å². The van der Waals surface area contributed by atoms with E-state index in [-0.39, 0.29) is 24.4 Å². The van der Waals surface area contributed by atoms with Gasteiger partial charge in [-0.3, -0.25) is 24.6 Å². The van der Waals surface area contributed by atoms with Crippen molar-refractivity contribution in [2.75, 3.05) is 56.6 Å². The van der Waals surface area contributed by atoms with Gasteiger partial charge in [0.25, 0.3) is 5.91 Å². The number of amides is 2. The lowest BCUT2D eigenvalue weighted by Crippen LogP contribution is -2.56. The second kappa shape index (κ2) is 13.3. The highest BCUT2D eigenvalue weighted by molar-refractivity contribution is 6.01. The Morgan fingerprint density at radius 1 is 0.960 bits per heavy atom. The Hall–Kier alpha value is -5.20. The van der Waals surface area contributed by atoms with Crippen molar-refractivity contribution in [3.8, 4) is 22.6 Å². The lowest BCUT2D eigenvalue weighted by atomic mass is 10.0. The van der Waals surface area contributed by atoms with Crippen molar-refractivity contribution in [3.63, 3.8) is 0 Å². The van der Waals surface area contributed by atoms with E-state index in [0.29, 0.717) is 43.5 Å². The third-order valence-corrected chi connectivity index (χ3v) is 10.3. The molecule has 12 nitrogen and oxygen atoms in total. The Kier molecular flexibility index (Phi) is 8.49. The van der Waals surface area contributed by atoms with Gasteiger partial charge < -0.3 is 19.9 Å². The molecule has 0 spiro atoms. The fourth-order valence-corrected chi connectivity index (χ4v) is 7.31. The fraction of sp³-hybridized carbons (Fsp3) is 0.368. The normalized spacial score (nSPS) is 21.1. The SMILES string of the molecule is CO[C@@]1(C(=O)Nc2ccc3[nH]nc(-c4ccnc(C5CC5)c4)c3c2)CCN(CC(=O)N2CCN(c3ccc(-c4ncccn4)cc3)C[C@H]2C)C1. The van der Waals surface area contributed by atoms with Gasteiger partial charge >= 0.3 is 0 Å². The van der Waals surface area contributed by atoms with Crippen LogP contribution in [-0.4, -0.2) is 105 Å². The fourth-order valence-electron chi connectivity index (χ4n) is 7.31. The third kappa shape index (κ3) is 6.32. The zero-order valence-electron chi connectivity index (χ0n) is 28.4. The van der Waals surface area contributed by atoms with E-state index in [4.69, 9.17) is 4.74 Å². The molecule has 50 heavy (non-hydrogen) atoms. The van der Waals surface area contributed by atoms with Gasteiger partial charge in [0.1, 0.15) is 5.69 Å². The minimum absolute atomic E-state index is 0.0432. The smallest absolute Gasteiger partial charge is 0.258 e. The number of hydrogen-bond donors (Lipinski definition) is 2. The summed E-state index contributed by atoms with van der Waals surface area (Å²) in [6.45, 7) is 5.38. The topological polar surface area (TPSA) is 132 Å². The number of piperazine rings is 1. The molecular formula is C38H41N9O3. The first-order chi connectivity index (χ1) is 24.4. The summed E-state index contributed by atoms with van der Waals surface area (Å²) in [6, 6.07) is 20.0. The van der Waals surface area contributed by atoms with Crippen LogP contribution in [0, 0.1) is 0 Å². The number of H-pyrrole nitrogens is 1. The average molecular weight is 672 g/mol. The van der Waals surface area contributed by atoms with Crippen LogP contribution in [-0.2, 0) is 14.3 Å². The minimum atomic E-state index is -1.06. The predicted molar refractivity (Wildman–Crippen MR) is 192 cm³/mol. The number of nitrogens with one attached hydrogen (secondary N) is 2. The zero-order chi connectivity index (χ0) is 34.2. The summed E-state index contributed by atoms with van der Waals surface area (Å²) in [4.78, 5) is 46.9. The van der Waals surface area contributed by atoms with Gasteiger partial charge in [-0.1, -0.05) is 0 Å². The van der Waals surface area contributed by atoms with E-state index in [1.807, 2.05) is 58.5 Å². The van der Waals surface area contributed by atoms with Crippen molar-refractivity contribution in [1.82, 2.24) is 34.9 Å². The Labute approximate surface area is 290 Å². The molecule has 5 aromatic rings. The van der Waals surface area contributed by atoms with E-state index in [2.05, 4.69) is 60.5 Å². The Morgan fingerprint density at radius 2 is 1.78 bits per heavy atom. The summed E-state index contributed by atoms with van der Waals surface area (Å²) in [5.74, 6) is 1.10. The Bertz CT molecular complexity index is 2010. The van der Waals surface area contributed by atoms with E-state index >= 15 is 0 Å². The van der Waals surface area contributed by atoms with Crippen molar-refractivity contribution in [1.29, 1.82) is 0 Å². The highest BCUT2D eigenvalue weighted by Gasteiger charge is 2.46. The van der Waals surface area contributed by atoms with Gasteiger partial charge in [-0.15, -0.1) is 0 Å². The summed E-state index contributed by atoms with van der Waals surface area (Å²) in [5.41, 5.74) is 5.53. The molecule has 3 aromatic heterocycles. The van der Waals surface area contributed by atoms with Gasteiger partial charge in [-0.2, -0.15) is 5.10 Å². The second-order valence-corrected chi connectivity index (χ2v) is 13.7. The van der Waals surface area contributed by atoms with Gasteiger partial charge in [0, 0.05) is 104 Å². The van der Waals surface area contributed by atoms with Gasteiger partial charge in [0.15, 0.2) is 11.4 Å². The molecule has 2 aromatic carbocycles. The van der Waals surface area contributed by atoms with Crippen LogP contribution in [0.25, 0.3) is 33.5 Å². The molecule has 2 aliphatic heterocycles. The number of pyridine rings is 1. The first-order valence-corrected chi connectivity index (χ1v) is 17.3. The molecule has 2 saturated heterocycles. The van der Waals surface area contributed by atoms with Crippen LogP contribution in [0.4, 0.5) is 11.4 Å². The number of anilines is 2. The van der Waals surface area contributed by atoms with E-state index in [1.54, 1.807) is 19.5 Å². The number of methoxy groups -OCH3 is 1. The molecule has 8 rings (SSSR count). The van der Waals surface area contributed by atoms with E-state index in [1.165, 1.54) is 12.8 Å². The summed E-state index contributed by atoms with van der Waals surface area (Å²) in [5, 5.41) is 11.7. The summed E-state index contributed by atoms with van der Waals surface area (Å²) in [7, 11) is 1.57. The van der Waals surface area contributed by atoms with Gasteiger partial charge in [-0.05, 0) is 86.8 Å². The molecule has 0 bridgehead atoms. The molecule has 1 saturated carbocycles. The highest BCUT2D eigenvalue weighted by atomic mass is 16.5. The van der Waals surface area contributed by atoms with Crippen LogP contribution < -0.4 is 10.2 Å². The Balaban J connectivity index is 0.882. The number of aromatic nitrogens is 5. The maximum absolute atomic E-state index is 13.8. The molecule has 1 aliphatic carbocycles. The third-order valence-electron chi connectivity index (χ3n) is 10.3. The van der Waals surface area contributed by atoms with Crippen molar-refractivity contribution in [3.05, 3.63) is 84.9 Å². The first-order valence-electron chi connectivity index (χ1n) is 17.3. The van der Waals surface area contributed by atoms with E-state index in [0.717, 1.165) is 52.2 Å². The number of aromatic amines is 1. The average Bonchev–Trinajstić information content (AvgIpc) is 3.79. The summed E-state index contributed by atoms with van der Waals surface area (Å²) >= 11 is 0. The summed E-state index contributed by atoms with van der Waals surface area (Å²) in [6.07, 6.45) is 8.19. The van der Waals surface area contributed by atoms with Crippen molar-refractivity contribution in [2.45, 2.75) is 43.7 Å². The molecule has 12 heteroatoms. The molecular weight excluding hydrogens is 630 g/mol. The molecule has 0 unspecified atom stereocenters. The maximum atomic E-state index is 13.8. The molecule has 2 atom stereocenters. The van der Waals surface area contributed by atoms with Crippen LogP contribution in [0.15, 0.2) is 79.3 Å². The lowest BCUT2D eigenvalue weighted by molar-refractivity contribution is -0.138. The van der Waals surface area contributed by atoms with Gasteiger partial charge in [0.2, 0.25) is 5.91 Å². The molecule has 2 N–H and O–H groups in total. The number of ether oxygens (including phenoxy) is 1. The number of nitrogens with zero attached hydrogens (tertiary/aromatic N) is 7. The molecule has 256 valence electrons. The van der Waals surface area contributed by atoms with Crippen molar-refractivity contribution >= 4 is 34.1 Å². The monoisotopic (exact) mass is 671 g/mol. The number of hydrogen-bond acceptors (Lipinski definition) is 9. The number of carbonyl (C=O) groups excluding carboxylic acids is 2. The van der Waals surface area contributed by atoms with Crippen LogP contribution in [0.5, 0.6) is 0 Å². The second-order valence-electron chi connectivity index (χ2n) is 13.7. The first kappa shape index (κ1) is 32.0. The standard InChI is InChI=1S/C38H41N9O3/c1-25-22-46(30-9-6-27(7-10-30)36-40-14-3-15-41-36)18-19-47(25)34(48)23-45-17-13-38(24-45,50-2)37(49)42-29-8-11-32-31(21-29)35(44-43-32)28-12-16-39-33(20-28)26-4-5-26/h3,6-12,14-16,20-21,25-26H,4-5,13,17-19,22-24H2,1-2H3,(H,42,49)(H,43,44)/t25-,38+/m1/s1. The highest BCUT2D eigenvalue weighted by Crippen LogP contribution is 2.40. The van der Waals surface area contributed by atoms with Gasteiger partial charge in [0.05, 0.1) is 12.1 Å². The molecule has 2 amide bonds. The number of likely N-dealkylation sites (tertiary alicyclic amines) is 1. The molecule has 3 aliphatic rings. The van der Waals surface area contributed by atoms with E-state index < -0.39 is 5.60 Å². The number of carbonyl (C=O) groups is 2. The Morgan fingerprint density at radius 3 is 2.54 bits per heavy atom. The lowest BCUT2D eigenvalue weighted by Gasteiger charge is -2.41. The quantitative estimate of drug-likeness (QED) is 0.228. The number of benzene rings is 2.